The van der Waals surface area contributed by atoms with E-state index in [0.29, 0.717) is 0 Å². The van der Waals surface area contributed by atoms with Crippen molar-refractivity contribution in [3.8, 4) is 0 Å². The Hall–Kier alpha value is -0.830. The highest BCUT2D eigenvalue weighted by atomic mass is 16.5. The zero-order valence-electron chi connectivity index (χ0n) is 7.84. The lowest BCUT2D eigenvalue weighted by Crippen LogP contribution is -2.20. The maximum absolute atomic E-state index is 11.3. The topological polar surface area (TPSA) is 35.5 Å². The summed E-state index contributed by atoms with van der Waals surface area (Å²) >= 11 is 0. The van der Waals surface area contributed by atoms with Gasteiger partial charge in [0.15, 0.2) is 0 Å². The normalized spacial score (nSPS) is 27.3. The van der Waals surface area contributed by atoms with E-state index in [9.17, 15) is 4.79 Å². The van der Waals surface area contributed by atoms with Crippen LogP contribution in [0.25, 0.3) is 0 Å². The van der Waals surface area contributed by atoms with E-state index in [4.69, 9.17) is 9.47 Å². The minimum atomic E-state index is -0.0709. The SMILES string of the molecule is COC(=O)[C@H]1CCC2=C(COC2)C1. The van der Waals surface area contributed by atoms with Gasteiger partial charge in [-0.25, -0.2) is 0 Å². The van der Waals surface area contributed by atoms with E-state index >= 15 is 0 Å². The van der Waals surface area contributed by atoms with Gasteiger partial charge in [0.2, 0.25) is 0 Å². The summed E-state index contributed by atoms with van der Waals surface area (Å²) in [5, 5.41) is 0. The molecule has 13 heavy (non-hydrogen) atoms. The summed E-state index contributed by atoms with van der Waals surface area (Å²) < 4.78 is 10.1. The van der Waals surface area contributed by atoms with Crippen molar-refractivity contribution in [3.05, 3.63) is 11.1 Å². The largest absolute Gasteiger partial charge is 0.469 e. The summed E-state index contributed by atoms with van der Waals surface area (Å²) in [5.74, 6) is 0.00361. The maximum Gasteiger partial charge on any atom is 0.308 e. The van der Waals surface area contributed by atoms with Crippen molar-refractivity contribution in [2.24, 2.45) is 5.92 Å². The summed E-state index contributed by atoms with van der Waals surface area (Å²) in [6, 6.07) is 0. The van der Waals surface area contributed by atoms with E-state index in [2.05, 4.69) is 0 Å². The van der Waals surface area contributed by atoms with Crippen LogP contribution >= 0.6 is 0 Å². The predicted octanol–water partition coefficient (Wildman–Crippen LogP) is 1.29. The van der Waals surface area contributed by atoms with Crippen LogP contribution in [0.1, 0.15) is 19.3 Å². The zero-order chi connectivity index (χ0) is 9.26. The molecule has 72 valence electrons. The molecule has 0 amide bonds. The second-order valence-electron chi connectivity index (χ2n) is 3.66. The van der Waals surface area contributed by atoms with Crippen molar-refractivity contribution in [2.45, 2.75) is 19.3 Å². The average Bonchev–Trinajstić information content (AvgIpc) is 2.63. The van der Waals surface area contributed by atoms with Crippen LogP contribution in [0.5, 0.6) is 0 Å². The van der Waals surface area contributed by atoms with Crippen LogP contribution in [0.4, 0.5) is 0 Å². The molecule has 1 atom stereocenters. The van der Waals surface area contributed by atoms with Crippen LogP contribution in [0.3, 0.4) is 0 Å². The highest BCUT2D eigenvalue weighted by molar-refractivity contribution is 5.73. The number of carbonyl (C=O) groups is 1. The Morgan fingerprint density at radius 1 is 1.46 bits per heavy atom. The minimum absolute atomic E-state index is 0.0709. The van der Waals surface area contributed by atoms with E-state index in [1.54, 1.807) is 0 Å². The summed E-state index contributed by atoms with van der Waals surface area (Å²) in [6.07, 6.45) is 2.78. The molecule has 0 saturated carbocycles. The number of esters is 1. The van der Waals surface area contributed by atoms with Gasteiger partial charge in [-0.15, -0.1) is 0 Å². The highest BCUT2D eigenvalue weighted by Crippen LogP contribution is 2.33. The molecule has 3 heteroatoms. The molecule has 1 heterocycles. The molecule has 0 aromatic carbocycles. The molecule has 1 aliphatic heterocycles. The van der Waals surface area contributed by atoms with Gasteiger partial charge in [0.25, 0.3) is 0 Å². The van der Waals surface area contributed by atoms with Crippen molar-refractivity contribution in [1.29, 1.82) is 0 Å². The van der Waals surface area contributed by atoms with Gasteiger partial charge in [-0.1, -0.05) is 0 Å². The number of hydrogen-bond acceptors (Lipinski definition) is 3. The molecule has 2 rings (SSSR count). The molecule has 1 aliphatic carbocycles. The van der Waals surface area contributed by atoms with Gasteiger partial charge in [-0.2, -0.15) is 0 Å². The van der Waals surface area contributed by atoms with Crippen LogP contribution in [0.15, 0.2) is 11.1 Å². The Morgan fingerprint density at radius 3 is 3.00 bits per heavy atom. The van der Waals surface area contributed by atoms with Gasteiger partial charge >= 0.3 is 5.97 Å². The molecule has 0 aromatic heterocycles. The van der Waals surface area contributed by atoms with E-state index < -0.39 is 0 Å². The first-order valence-electron chi connectivity index (χ1n) is 4.66. The number of ether oxygens (including phenoxy) is 2. The third-order valence-electron chi connectivity index (χ3n) is 2.87. The van der Waals surface area contributed by atoms with Crippen molar-refractivity contribution in [1.82, 2.24) is 0 Å². The van der Waals surface area contributed by atoms with Crippen molar-refractivity contribution >= 4 is 5.97 Å². The van der Waals surface area contributed by atoms with E-state index in [0.717, 1.165) is 32.5 Å². The Bertz CT molecular complexity index is 255. The molecular formula is C10H14O3. The van der Waals surface area contributed by atoms with Crippen molar-refractivity contribution in [3.63, 3.8) is 0 Å². The van der Waals surface area contributed by atoms with Gasteiger partial charge in [0.1, 0.15) is 0 Å². The number of hydrogen-bond donors (Lipinski definition) is 0. The number of rotatable bonds is 1. The van der Waals surface area contributed by atoms with Gasteiger partial charge in [-0.05, 0) is 30.4 Å². The maximum atomic E-state index is 11.3. The molecule has 0 N–H and O–H groups in total. The van der Waals surface area contributed by atoms with Crippen LogP contribution in [0, 0.1) is 5.92 Å². The summed E-state index contributed by atoms with van der Waals surface area (Å²) in [4.78, 5) is 11.3. The Kier molecular flexibility index (Phi) is 2.36. The predicted molar refractivity (Wildman–Crippen MR) is 47.2 cm³/mol. The summed E-state index contributed by atoms with van der Waals surface area (Å²) in [5.41, 5.74) is 2.75. The second kappa shape index (κ2) is 3.50. The van der Waals surface area contributed by atoms with Crippen LogP contribution < -0.4 is 0 Å². The van der Waals surface area contributed by atoms with E-state index in [-0.39, 0.29) is 11.9 Å². The molecule has 0 bridgehead atoms. The second-order valence-corrected chi connectivity index (χ2v) is 3.66. The number of methoxy groups -OCH3 is 1. The Labute approximate surface area is 77.7 Å². The van der Waals surface area contributed by atoms with Gasteiger partial charge in [0.05, 0.1) is 26.2 Å². The van der Waals surface area contributed by atoms with Crippen molar-refractivity contribution in [2.75, 3.05) is 20.3 Å². The first-order chi connectivity index (χ1) is 6.31. The first kappa shape index (κ1) is 8.75. The monoisotopic (exact) mass is 182 g/mol. The molecule has 0 aromatic rings. The van der Waals surface area contributed by atoms with Crippen LogP contribution in [0.2, 0.25) is 0 Å². The smallest absolute Gasteiger partial charge is 0.308 e. The molecule has 0 fully saturated rings. The highest BCUT2D eigenvalue weighted by Gasteiger charge is 2.29. The average molecular weight is 182 g/mol. The molecule has 0 spiro atoms. The Balaban J connectivity index is 2.03. The lowest BCUT2D eigenvalue weighted by Gasteiger charge is -2.20. The fourth-order valence-corrected chi connectivity index (χ4v) is 2.07. The Morgan fingerprint density at radius 2 is 2.23 bits per heavy atom. The fraction of sp³-hybridized carbons (Fsp3) is 0.700. The van der Waals surface area contributed by atoms with Crippen LogP contribution in [-0.4, -0.2) is 26.3 Å². The first-order valence-corrected chi connectivity index (χ1v) is 4.66. The third kappa shape index (κ3) is 1.61. The molecular weight excluding hydrogens is 168 g/mol. The summed E-state index contributed by atoms with van der Waals surface area (Å²) in [7, 11) is 1.46. The van der Waals surface area contributed by atoms with Gasteiger partial charge in [0, 0.05) is 0 Å². The molecule has 0 unspecified atom stereocenters. The molecule has 3 nitrogen and oxygen atoms in total. The van der Waals surface area contributed by atoms with Crippen molar-refractivity contribution < 1.29 is 14.3 Å². The third-order valence-corrected chi connectivity index (χ3v) is 2.87. The fourth-order valence-electron chi connectivity index (χ4n) is 2.07. The molecule has 0 radical (unpaired) electrons. The van der Waals surface area contributed by atoms with Crippen LogP contribution in [-0.2, 0) is 14.3 Å². The zero-order valence-corrected chi connectivity index (χ0v) is 7.84. The van der Waals surface area contributed by atoms with Gasteiger partial charge < -0.3 is 9.47 Å². The summed E-state index contributed by atoms with van der Waals surface area (Å²) in [6.45, 7) is 1.51. The van der Waals surface area contributed by atoms with E-state index in [1.807, 2.05) is 0 Å². The lowest BCUT2D eigenvalue weighted by molar-refractivity contribution is -0.145. The lowest BCUT2D eigenvalue weighted by atomic mass is 9.85. The molecule has 0 saturated heterocycles. The quantitative estimate of drug-likeness (QED) is 0.452. The van der Waals surface area contributed by atoms with Gasteiger partial charge in [-0.3, -0.25) is 4.79 Å². The van der Waals surface area contributed by atoms with E-state index in [1.165, 1.54) is 18.3 Å². The minimum Gasteiger partial charge on any atom is -0.469 e. The standard InChI is InChI=1S/C10H14O3/c1-12-10(11)7-2-3-8-5-13-6-9(8)4-7/h7H,2-6H2,1H3/t7-/m0/s1. The molecule has 2 aliphatic rings. The number of carbonyl (C=O) groups excluding carboxylic acids is 1.